The third-order valence-electron chi connectivity index (χ3n) is 5.14. The van der Waals surface area contributed by atoms with Crippen LogP contribution < -0.4 is 0 Å². The minimum atomic E-state index is -0.402. The zero-order valence-electron chi connectivity index (χ0n) is 17.4. The van der Waals surface area contributed by atoms with E-state index in [1.165, 1.54) is 46.8 Å². The Labute approximate surface area is 188 Å². The monoisotopic (exact) mass is 455 g/mol. The van der Waals surface area contributed by atoms with Crippen LogP contribution in [-0.4, -0.2) is 54.2 Å². The van der Waals surface area contributed by atoms with Crippen molar-refractivity contribution in [2.75, 3.05) is 26.8 Å². The van der Waals surface area contributed by atoms with Crippen molar-refractivity contribution in [3.05, 3.63) is 82.2 Å². The Hall–Kier alpha value is -3.30. The van der Waals surface area contributed by atoms with Gasteiger partial charge in [-0.15, -0.1) is 11.3 Å². The molecule has 1 aromatic carbocycles. The zero-order valence-corrected chi connectivity index (χ0v) is 18.3. The number of hydrogen-bond donors (Lipinski definition) is 0. The highest BCUT2D eigenvalue weighted by Gasteiger charge is 2.35. The number of hydrazone groups is 1. The number of methoxy groups -OCH3 is 1. The summed E-state index contributed by atoms with van der Waals surface area (Å²) in [5.74, 6) is -0.950. The van der Waals surface area contributed by atoms with Crippen LogP contribution in [0.2, 0.25) is 0 Å². The zero-order chi connectivity index (χ0) is 22.5. The van der Waals surface area contributed by atoms with E-state index >= 15 is 0 Å². The number of hydrogen-bond acceptors (Lipinski definition) is 6. The Bertz CT molecular complexity index is 1080. The third kappa shape index (κ3) is 4.79. The maximum Gasteiger partial charge on any atom is 0.290 e. The van der Waals surface area contributed by atoms with E-state index in [4.69, 9.17) is 9.15 Å². The molecule has 3 aromatic rings. The van der Waals surface area contributed by atoms with Crippen molar-refractivity contribution in [3.63, 3.8) is 0 Å². The molecule has 0 saturated carbocycles. The summed E-state index contributed by atoms with van der Waals surface area (Å²) in [6, 6.07) is 12.7. The molecule has 1 aliphatic rings. The van der Waals surface area contributed by atoms with Gasteiger partial charge in [-0.2, -0.15) is 5.10 Å². The van der Waals surface area contributed by atoms with Crippen LogP contribution in [0.5, 0.6) is 0 Å². The van der Waals surface area contributed by atoms with Crippen molar-refractivity contribution in [3.8, 4) is 0 Å². The fraction of sp³-hybridized carbons (Fsp3) is 0.261. The van der Waals surface area contributed by atoms with Gasteiger partial charge in [-0.1, -0.05) is 18.2 Å². The van der Waals surface area contributed by atoms with Gasteiger partial charge in [0.05, 0.1) is 29.5 Å². The van der Waals surface area contributed by atoms with Gasteiger partial charge in [0.2, 0.25) is 0 Å². The second kappa shape index (κ2) is 9.88. The molecule has 0 N–H and O–H groups in total. The van der Waals surface area contributed by atoms with Gasteiger partial charge in [0.1, 0.15) is 12.4 Å². The molecular formula is C23H22FN3O4S. The van der Waals surface area contributed by atoms with Gasteiger partial charge in [-0.3, -0.25) is 9.59 Å². The molecule has 0 radical (unpaired) electrons. The molecule has 166 valence electrons. The van der Waals surface area contributed by atoms with Gasteiger partial charge in [-0.25, -0.2) is 9.40 Å². The molecule has 3 heterocycles. The van der Waals surface area contributed by atoms with E-state index in [9.17, 15) is 14.0 Å². The Morgan fingerprint density at radius 3 is 2.72 bits per heavy atom. The number of carbonyl (C=O) groups is 2. The summed E-state index contributed by atoms with van der Waals surface area (Å²) in [6.45, 7) is 0.297. The fourth-order valence-electron chi connectivity index (χ4n) is 3.52. The molecule has 0 saturated heterocycles. The quantitative estimate of drug-likeness (QED) is 0.516. The van der Waals surface area contributed by atoms with Crippen LogP contribution in [-0.2, 0) is 9.53 Å². The summed E-state index contributed by atoms with van der Waals surface area (Å²) >= 11 is 1.54. The lowest BCUT2D eigenvalue weighted by molar-refractivity contribution is -0.133. The molecule has 0 aliphatic carbocycles. The first kappa shape index (κ1) is 21.9. The second-order valence-corrected chi connectivity index (χ2v) is 8.18. The first-order valence-electron chi connectivity index (χ1n) is 10.1. The maximum absolute atomic E-state index is 13.5. The van der Waals surface area contributed by atoms with Gasteiger partial charge < -0.3 is 14.1 Å². The fourth-order valence-corrected chi connectivity index (χ4v) is 4.24. The molecule has 0 bridgehead atoms. The van der Waals surface area contributed by atoms with Crippen LogP contribution in [0.4, 0.5) is 4.39 Å². The Kier molecular flexibility index (Phi) is 6.77. The number of amides is 2. The van der Waals surface area contributed by atoms with Crippen LogP contribution in [0, 0.1) is 5.82 Å². The molecular weight excluding hydrogens is 433 g/mol. The number of furan rings is 1. The lowest BCUT2D eigenvalue weighted by atomic mass is 10.0. The third-order valence-corrected chi connectivity index (χ3v) is 6.06. The number of thiophene rings is 1. The van der Waals surface area contributed by atoms with Gasteiger partial charge in [-0.05, 0) is 41.3 Å². The van der Waals surface area contributed by atoms with Crippen LogP contribution >= 0.6 is 11.3 Å². The summed E-state index contributed by atoms with van der Waals surface area (Å²) in [5, 5.41) is 7.94. The molecule has 1 aliphatic heterocycles. The van der Waals surface area contributed by atoms with Crippen LogP contribution in [0.3, 0.4) is 0 Å². The number of ether oxygens (including phenoxy) is 1. The van der Waals surface area contributed by atoms with E-state index in [1.54, 1.807) is 24.3 Å². The normalized spacial score (nSPS) is 15.6. The largest absolute Gasteiger partial charge is 0.459 e. The van der Waals surface area contributed by atoms with E-state index in [1.807, 2.05) is 17.5 Å². The van der Waals surface area contributed by atoms with Gasteiger partial charge in [0.25, 0.3) is 11.8 Å². The predicted octanol–water partition coefficient (Wildman–Crippen LogP) is 3.95. The molecule has 7 nitrogen and oxygen atoms in total. The maximum atomic E-state index is 13.5. The standard InChI is InChI=1S/C23H22FN3O4S/c1-30-12-10-26(23(29)20-4-2-11-31-20)15-22(28)27-19(16-6-8-17(24)9-7-16)14-18(25-27)21-5-3-13-32-21/h2-9,11,13,19H,10,12,14-15H2,1H3/t19-/m1/s1. The highest BCUT2D eigenvalue weighted by atomic mass is 32.1. The smallest absolute Gasteiger partial charge is 0.290 e. The minimum Gasteiger partial charge on any atom is -0.459 e. The molecule has 4 rings (SSSR count). The van der Waals surface area contributed by atoms with Crippen molar-refractivity contribution in [2.45, 2.75) is 12.5 Å². The highest BCUT2D eigenvalue weighted by molar-refractivity contribution is 7.12. The molecule has 0 spiro atoms. The van der Waals surface area contributed by atoms with Crippen LogP contribution in [0.1, 0.15) is 33.5 Å². The number of benzene rings is 1. The number of halogens is 1. The highest BCUT2D eigenvalue weighted by Crippen LogP contribution is 2.34. The average molecular weight is 456 g/mol. The predicted molar refractivity (Wildman–Crippen MR) is 118 cm³/mol. The van der Waals surface area contributed by atoms with Crippen LogP contribution in [0.15, 0.2) is 69.7 Å². The van der Waals surface area contributed by atoms with E-state index in [0.29, 0.717) is 6.42 Å². The summed E-state index contributed by atoms with van der Waals surface area (Å²) < 4.78 is 23.8. The summed E-state index contributed by atoms with van der Waals surface area (Å²) in [4.78, 5) is 28.5. The molecule has 1 atom stereocenters. The number of rotatable bonds is 8. The van der Waals surface area contributed by atoms with E-state index in [-0.39, 0.29) is 43.2 Å². The summed E-state index contributed by atoms with van der Waals surface area (Å²) in [7, 11) is 1.53. The van der Waals surface area contributed by atoms with Crippen molar-refractivity contribution in [1.29, 1.82) is 0 Å². The van der Waals surface area contributed by atoms with Crippen molar-refractivity contribution in [1.82, 2.24) is 9.91 Å². The lowest BCUT2D eigenvalue weighted by Crippen LogP contribution is -2.42. The van der Waals surface area contributed by atoms with Crippen molar-refractivity contribution in [2.24, 2.45) is 5.10 Å². The molecule has 9 heteroatoms. The molecule has 32 heavy (non-hydrogen) atoms. The van der Waals surface area contributed by atoms with Gasteiger partial charge in [0, 0.05) is 20.1 Å². The Balaban J connectivity index is 1.59. The Morgan fingerprint density at radius 2 is 2.06 bits per heavy atom. The van der Waals surface area contributed by atoms with Crippen LogP contribution in [0.25, 0.3) is 0 Å². The van der Waals surface area contributed by atoms with E-state index in [0.717, 1.165) is 16.2 Å². The summed E-state index contributed by atoms with van der Waals surface area (Å²) in [6.07, 6.45) is 1.91. The van der Waals surface area contributed by atoms with Gasteiger partial charge >= 0.3 is 0 Å². The molecule has 0 fully saturated rings. The van der Waals surface area contributed by atoms with Crippen molar-refractivity contribution < 1.29 is 23.1 Å². The summed E-state index contributed by atoms with van der Waals surface area (Å²) in [5.41, 5.74) is 1.55. The van der Waals surface area contributed by atoms with Gasteiger partial charge in [0.15, 0.2) is 5.76 Å². The number of carbonyl (C=O) groups excluding carboxylic acids is 2. The SMILES string of the molecule is COCCN(CC(=O)N1N=C(c2cccs2)C[C@@H]1c1ccc(F)cc1)C(=O)c1ccco1. The minimum absolute atomic E-state index is 0.146. The topological polar surface area (TPSA) is 75.3 Å². The number of nitrogens with zero attached hydrogens (tertiary/aromatic N) is 3. The first-order chi connectivity index (χ1) is 15.6. The Morgan fingerprint density at radius 1 is 1.25 bits per heavy atom. The lowest BCUT2D eigenvalue weighted by Gasteiger charge is -2.26. The second-order valence-electron chi connectivity index (χ2n) is 7.23. The molecule has 0 unspecified atom stereocenters. The average Bonchev–Trinajstić information content (AvgIpc) is 3.57. The van der Waals surface area contributed by atoms with E-state index < -0.39 is 5.91 Å². The first-order valence-corrected chi connectivity index (χ1v) is 11.0. The molecule has 2 aromatic heterocycles. The van der Waals surface area contributed by atoms with E-state index in [2.05, 4.69) is 5.10 Å². The molecule has 2 amide bonds. The van der Waals surface area contributed by atoms with Crippen molar-refractivity contribution >= 4 is 28.9 Å².